The monoisotopic (exact) mass is 208 g/mol. The summed E-state index contributed by atoms with van der Waals surface area (Å²) in [6, 6.07) is -0.714. The number of aromatic nitrogens is 2. The molecule has 0 spiro atoms. The van der Waals surface area contributed by atoms with Crippen LogP contribution in [-0.2, 0) is 4.79 Å². The molecule has 1 aromatic rings. The molecule has 1 aliphatic rings. The first kappa shape index (κ1) is 9.70. The van der Waals surface area contributed by atoms with Gasteiger partial charge in [-0.05, 0) is 12.8 Å². The standard InChI is InChI=1S/C9H12N4O2/c10-8(14)7-2-1-4-13(7)9(15)12-5-3-11-6-12/h3,5-7H,1-2,4H2,(H2,10,14). The van der Waals surface area contributed by atoms with Crippen LogP contribution in [0.15, 0.2) is 18.7 Å². The molecule has 2 rings (SSSR count). The number of nitrogens with zero attached hydrogens (tertiary/aromatic N) is 3. The largest absolute Gasteiger partial charge is 0.368 e. The molecule has 1 atom stereocenters. The number of carbonyl (C=O) groups is 2. The predicted octanol–water partition coefficient (Wildman–Crippen LogP) is -0.199. The summed E-state index contributed by atoms with van der Waals surface area (Å²) in [6.07, 6.45) is 5.95. The second-order valence-electron chi connectivity index (χ2n) is 3.51. The number of carbonyl (C=O) groups excluding carboxylic acids is 2. The molecule has 6 heteroatoms. The molecule has 6 nitrogen and oxygen atoms in total. The Labute approximate surface area is 86.7 Å². The zero-order valence-corrected chi connectivity index (χ0v) is 8.17. The number of likely N-dealkylation sites (tertiary alicyclic amines) is 1. The minimum atomic E-state index is -0.472. The van der Waals surface area contributed by atoms with Crippen molar-refractivity contribution in [3.05, 3.63) is 18.7 Å². The van der Waals surface area contributed by atoms with E-state index in [1.807, 2.05) is 0 Å². The van der Waals surface area contributed by atoms with Crippen molar-refractivity contribution in [2.45, 2.75) is 18.9 Å². The third-order valence-electron chi connectivity index (χ3n) is 2.55. The number of hydrogen-bond acceptors (Lipinski definition) is 3. The minimum Gasteiger partial charge on any atom is -0.368 e. The third-order valence-corrected chi connectivity index (χ3v) is 2.55. The molecule has 1 unspecified atom stereocenters. The summed E-state index contributed by atoms with van der Waals surface area (Å²) in [7, 11) is 0. The van der Waals surface area contributed by atoms with Gasteiger partial charge in [-0.3, -0.25) is 9.36 Å². The van der Waals surface area contributed by atoms with Crippen LogP contribution in [0.2, 0.25) is 0 Å². The lowest BCUT2D eigenvalue weighted by Gasteiger charge is -2.21. The van der Waals surface area contributed by atoms with Gasteiger partial charge in [-0.15, -0.1) is 0 Å². The molecule has 1 aliphatic heterocycles. The van der Waals surface area contributed by atoms with E-state index in [4.69, 9.17) is 5.73 Å². The highest BCUT2D eigenvalue weighted by atomic mass is 16.2. The highest BCUT2D eigenvalue weighted by Gasteiger charge is 2.33. The Morgan fingerprint density at radius 2 is 2.27 bits per heavy atom. The molecule has 1 saturated heterocycles. The Hall–Kier alpha value is -1.85. The van der Waals surface area contributed by atoms with Crippen molar-refractivity contribution < 1.29 is 9.59 Å². The van der Waals surface area contributed by atoms with Gasteiger partial charge in [-0.1, -0.05) is 0 Å². The number of primary amides is 1. The normalized spacial score (nSPS) is 20.5. The van der Waals surface area contributed by atoms with Gasteiger partial charge in [0.1, 0.15) is 12.4 Å². The molecule has 0 radical (unpaired) electrons. The SMILES string of the molecule is NC(=O)C1CCCN1C(=O)n1ccnc1. The fraction of sp³-hybridized carbons (Fsp3) is 0.444. The number of hydrogen-bond donors (Lipinski definition) is 1. The molecule has 0 saturated carbocycles. The van der Waals surface area contributed by atoms with Crippen LogP contribution in [0, 0.1) is 0 Å². The van der Waals surface area contributed by atoms with Crippen molar-refractivity contribution in [1.29, 1.82) is 0 Å². The van der Waals surface area contributed by atoms with Gasteiger partial charge in [-0.25, -0.2) is 9.78 Å². The molecular weight excluding hydrogens is 196 g/mol. The maximum absolute atomic E-state index is 11.9. The van der Waals surface area contributed by atoms with Gasteiger partial charge in [0, 0.05) is 18.9 Å². The van der Waals surface area contributed by atoms with Crippen molar-refractivity contribution in [2.24, 2.45) is 5.73 Å². The van der Waals surface area contributed by atoms with Gasteiger partial charge in [0.15, 0.2) is 0 Å². The van der Waals surface area contributed by atoms with E-state index in [0.29, 0.717) is 13.0 Å². The molecule has 0 aromatic carbocycles. The lowest BCUT2D eigenvalue weighted by atomic mass is 10.2. The highest BCUT2D eigenvalue weighted by Crippen LogP contribution is 2.17. The second kappa shape index (κ2) is 3.72. The molecule has 80 valence electrons. The Morgan fingerprint density at radius 1 is 1.47 bits per heavy atom. The lowest BCUT2D eigenvalue weighted by molar-refractivity contribution is -0.121. The quantitative estimate of drug-likeness (QED) is 0.694. The van der Waals surface area contributed by atoms with Gasteiger partial charge in [0.25, 0.3) is 0 Å². The van der Waals surface area contributed by atoms with Gasteiger partial charge >= 0.3 is 6.03 Å². The molecule has 0 bridgehead atoms. The van der Waals surface area contributed by atoms with E-state index in [0.717, 1.165) is 6.42 Å². The maximum Gasteiger partial charge on any atom is 0.330 e. The molecule has 2 amide bonds. The van der Waals surface area contributed by atoms with Gasteiger partial charge in [0.05, 0.1) is 0 Å². The van der Waals surface area contributed by atoms with E-state index in [9.17, 15) is 9.59 Å². The van der Waals surface area contributed by atoms with Crippen LogP contribution >= 0.6 is 0 Å². The van der Waals surface area contributed by atoms with Crippen LogP contribution < -0.4 is 5.73 Å². The zero-order chi connectivity index (χ0) is 10.8. The Morgan fingerprint density at radius 3 is 2.87 bits per heavy atom. The average Bonchev–Trinajstić information content (AvgIpc) is 2.88. The summed E-state index contributed by atoms with van der Waals surface area (Å²) in [5.41, 5.74) is 5.22. The van der Waals surface area contributed by atoms with E-state index in [1.165, 1.54) is 22.0 Å². The van der Waals surface area contributed by atoms with Crippen molar-refractivity contribution in [1.82, 2.24) is 14.5 Å². The first-order chi connectivity index (χ1) is 7.20. The van der Waals surface area contributed by atoms with Crippen molar-refractivity contribution in [2.75, 3.05) is 6.54 Å². The molecular formula is C9H12N4O2. The summed E-state index contributed by atoms with van der Waals surface area (Å²) >= 11 is 0. The smallest absolute Gasteiger partial charge is 0.330 e. The fourth-order valence-electron chi connectivity index (χ4n) is 1.81. The average molecular weight is 208 g/mol. The first-order valence-electron chi connectivity index (χ1n) is 4.78. The number of nitrogens with two attached hydrogens (primary N) is 1. The Bertz CT molecular complexity index is 373. The Balaban J connectivity index is 2.17. The molecule has 1 aromatic heterocycles. The van der Waals surface area contributed by atoms with E-state index >= 15 is 0 Å². The van der Waals surface area contributed by atoms with Crippen LogP contribution in [0.3, 0.4) is 0 Å². The first-order valence-corrected chi connectivity index (χ1v) is 4.78. The second-order valence-corrected chi connectivity index (χ2v) is 3.51. The zero-order valence-electron chi connectivity index (χ0n) is 8.17. The fourth-order valence-corrected chi connectivity index (χ4v) is 1.81. The predicted molar refractivity (Wildman–Crippen MR) is 51.9 cm³/mol. The number of amides is 2. The summed E-state index contributed by atoms with van der Waals surface area (Å²) in [4.78, 5) is 28.2. The van der Waals surface area contributed by atoms with Gasteiger partial charge in [-0.2, -0.15) is 0 Å². The summed E-state index contributed by atoms with van der Waals surface area (Å²) in [5.74, 6) is -0.444. The molecule has 15 heavy (non-hydrogen) atoms. The third kappa shape index (κ3) is 1.70. The van der Waals surface area contributed by atoms with Crippen LogP contribution in [0.4, 0.5) is 4.79 Å². The Kier molecular flexibility index (Phi) is 2.40. The van der Waals surface area contributed by atoms with Crippen LogP contribution in [-0.4, -0.2) is 39.0 Å². The van der Waals surface area contributed by atoms with Crippen LogP contribution in [0.5, 0.6) is 0 Å². The maximum atomic E-state index is 11.9. The molecule has 2 N–H and O–H groups in total. The summed E-state index contributed by atoms with van der Waals surface area (Å²) in [6.45, 7) is 0.574. The van der Waals surface area contributed by atoms with Crippen LogP contribution in [0.1, 0.15) is 12.8 Å². The van der Waals surface area contributed by atoms with E-state index < -0.39 is 11.9 Å². The van der Waals surface area contributed by atoms with Gasteiger partial charge in [0.2, 0.25) is 5.91 Å². The number of imidazole rings is 1. The topological polar surface area (TPSA) is 81.2 Å². The molecule has 0 aliphatic carbocycles. The van der Waals surface area contributed by atoms with E-state index in [-0.39, 0.29) is 6.03 Å². The van der Waals surface area contributed by atoms with Crippen molar-refractivity contribution >= 4 is 11.9 Å². The van der Waals surface area contributed by atoms with E-state index in [1.54, 1.807) is 6.20 Å². The molecule has 2 heterocycles. The van der Waals surface area contributed by atoms with Crippen LogP contribution in [0.25, 0.3) is 0 Å². The van der Waals surface area contributed by atoms with Gasteiger partial charge < -0.3 is 10.6 Å². The number of rotatable bonds is 1. The van der Waals surface area contributed by atoms with Crippen molar-refractivity contribution in [3.8, 4) is 0 Å². The summed E-state index contributed by atoms with van der Waals surface area (Å²) < 4.78 is 1.35. The molecule has 1 fully saturated rings. The lowest BCUT2D eigenvalue weighted by Crippen LogP contribution is -2.45. The minimum absolute atomic E-state index is 0.242. The summed E-state index contributed by atoms with van der Waals surface area (Å²) in [5, 5.41) is 0. The van der Waals surface area contributed by atoms with E-state index in [2.05, 4.69) is 4.98 Å². The highest BCUT2D eigenvalue weighted by molar-refractivity contribution is 5.87. The van der Waals surface area contributed by atoms with Crippen molar-refractivity contribution in [3.63, 3.8) is 0 Å².